The lowest BCUT2D eigenvalue weighted by atomic mass is 10.3. The van der Waals surface area contributed by atoms with Gasteiger partial charge in [-0.05, 0) is 59.2 Å². The molecule has 1 aliphatic carbocycles. The molecule has 0 spiro atoms. The molecule has 0 bridgehead atoms. The monoisotopic (exact) mass is 241 g/mol. The van der Waals surface area contributed by atoms with Crippen LogP contribution in [-0.2, 0) is 4.79 Å². The summed E-state index contributed by atoms with van der Waals surface area (Å²) in [7, 11) is 2.13. The summed E-state index contributed by atoms with van der Waals surface area (Å²) >= 11 is 0. The maximum absolute atomic E-state index is 11.4. The average Bonchev–Trinajstić information content (AvgIpc) is 3.09. The molecule has 0 aromatic carbocycles. The van der Waals surface area contributed by atoms with E-state index >= 15 is 0 Å². The molecule has 0 heterocycles. The van der Waals surface area contributed by atoms with E-state index in [1.54, 1.807) is 0 Å². The number of nitrogens with zero attached hydrogens (tertiary/aromatic N) is 1. The van der Waals surface area contributed by atoms with Crippen molar-refractivity contribution in [3.8, 4) is 0 Å². The molecule has 1 aliphatic rings. The number of carbonyl (C=O) groups is 1. The van der Waals surface area contributed by atoms with Gasteiger partial charge in [0.25, 0.3) is 0 Å². The van der Waals surface area contributed by atoms with Crippen molar-refractivity contribution in [3.05, 3.63) is 0 Å². The van der Waals surface area contributed by atoms with Crippen molar-refractivity contribution in [2.24, 2.45) is 5.92 Å². The van der Waals surface area contributed by atoms with E-state index in [4.69, 9.17) is 0 Å². The molecule has 1 rings (SSSR count). The Morgan fingerprint density at radius 3 is 2.71 bits per heavy atom. The number of amides is 1. The van der Waals surface area contributed by atoms with E-state index in [9.17, 15) is 4.79 Å². The fourth-order valence-electron chi connectivity index (χ4n) is 1.56. The third-order valence-corrected chi connectivity index (χ3v) is 3.32. The van der Waals surface area contributed by atoms with E-state index in [0.717, 1.165) is 32.0 Å². The van der Waals surface area contributed by atoms with Crippen molar-refractivity contribution in [3.63, 3.8) is 0 Å². The Hall–Kier alpha value is -0.610. The Labute approximate surface area is 105 Å². The van der Waals surface area contributed by atoms with Crippen molar-refractivity contribution in [1.29, 1.82) is 0 Å². The minimum atomic E-state index is 0.133. The summed E-state index contributed by atoms with van der Waals surface area (Å²) in [5.74, 6) is 0.896. The number of carbonyl (C=O) groups excluding carboxylic acids is 1. The third-order valence-electron chi connectivity index (χ3n) is 3.32. The lowest BCUT2D eigenvalue weighted by Gasteiger charge is -2.20. The normalized spacial score (nSPS) is 15.6. The second kappa shape index (κ2) is 7.67. The van der Waals surface area contributed by atoms with Crippen LogP contribution in [0.15, 0.2) is 0 Å². The highest BCUT2D eigenvalue weighted by molar-refractivity contribution is 5.77. The first-order valence-corrected chi connectivity index (χ1v) is 6.77. The Kier molecular flexibility index (Phi) is 6.52. The Bertz CT molecular complexity index is 227. The van der Waals surface area contributed by atoms with Gasteiger partial charge in [0.15, 0.2) is 0 Å². The number of hydrogen-bond acceptors (Lipinski definition) is 3. The van der Waals surface area contributed by atoms with Crippen LogP contribution in [0.3, 0.4) is 0 Å². The second-order valence-electron chi connectivity index (χ2n) is 5.35. The summed E-state index contributed by atoms with van der Waals surface area (Å²) in [5.41, 5.74) is 0. The van der Waals surface area contributed by atoms with Crippen LogP contribution in [0.4, 0.5) is 0 Å². The van der Waals surface area contributed by atoms with E-state index in [1.165, 1.54) is 12.8 Å². The molecule has 4 nitrogen and oxygen atoms in total. The molecule has 100 valence electrons. The first-order chi connectivity index (χ1) is 8.09. The largest absolute Gasteiger partial charge is 0.355 e. The Morgan fingerprint density at radius 1 is 1.41 bits per heavy atom. The van der Waals surface area contributed by atoms with E-state index in [2.05, 4.69) is 36.4 Å². The number of rotatable bonds is 9. The van der Waals surface area contributed by atoms with Crippen molar-refractivity contribution in [1.82, 2.24) is 15.5 Å². The van der Waals surface area contributed by atoms with Gasteiger partial charge in [-0.3, -0.25) is 4.79 Å². The Balaban J connectivity index is 1.87. The van der Waals surface area contributed by atoms with Gasteiger partial charge in [0.1, 0.15) is 0 Å². The number of hydrogen-bond donors (Lipinski definition) is 2. The van der Waals surface area contributed by atoms with Crippen LogP contribution in [-0.4, -0.2) is 50.1 Å². The van der Waals surface area contributed by atoms with Crippen LogP contribution in [0, 0.1) is 5.92 Å². The molecular weight excluding hydrogens is 214 g/mol. The molecule has 1 amide bonds. The van der Waals surface area contributed by atoms with Crippen molar-refractivity contribution in [2.45, 2.75) is 39.2 Å². The van der Waals surface area contributed by atoms with Gasteiger partial charge in [0.2, 0.25) is 5.91 Å². The summed E-state index contributed by atoms with van der Waals surface area (Å²) < 4.78 is 0. The molecule has 0 aromatic rings. The molecule has 0 radical (unpaired) electrons. The molecule has 0 atom stereocenters. The zero-order valence-corrected chi connectivity index (χ0v) is 11.5. The molecule has 1 saturated carbocycles. The van der Waals surface area contributed by atoms with Gasteiger partial charge in [0.05, 0.1) is 6.54 Å². The van der Waals surface area contributed by atoms with Gasteiger partial charge in [-0.2, -0.15) is 0 Å². The molecule has 0 aliphatic heterocycles. The predicted octanol–water partition coefficient (Wildman–Crippen LogP) is 0.833. The SMILES string of the molecule is CC(C)N(C)CCCNCC(=O)NCC1CC1. The predicted molar refractivity (Wildman–Crippen MR) is 71.0 cm³/mol. The minimum absolute atomic E-state index is 0.133. The van der Waals surface area contributed by atoms with Crippen LogP contribution in [0.2, 0.25) is 0 Å². The highest BCUT2D eigenvalue weighted by atomic mass is 16.1. The molecule has 2 N–H and O–H groups in total. The number of nitrogens with one attached hydrogen (secondary N) is 2. The van der Waals surface area contributed by atoms with Gasteiger partial charge < -0.3 is 15.5 Å². The summed E-state index contributed by atoms with van der Waals surface area (Å²) in [5, 5.41) is 6.14. The summed E-state index contributed by atoms with van der Waals surface area (Å²) in [6.07, 6.45) is 3.66. The van der Waals surface area contributed by atoms with Crippen molar-refractivity contribution >= 4 is 5.91 Å². The van der Waals surface area contributed by atoms with Gasteiger partial charge in [-0.15, -0.1) is 0 Å². The van der Waals surface area contributed by atoms with Crippen LogP contribution in [0.1, 0.15) is 33.1 Å². The summed E-state index contributed by atoms with van der Waals surface area (Å²) in [6, 6.07) is 0.594. The zero-order valence-electron chi connectivity index (χ0n) is 11.5. The minimum Gasteiger partial charge on any atom is -0.355 e. The third kappa shape index (κ3) is 7.34. The van der Waals surface area contributed by atoms with E-state index in [0.29, 0.717) is 12.6 Å². The molecule has 0 aromatic heterocycles. The van der Waals surface area contributed by atoms with Crippen molar-refractivity contribution in [2.75, 3.05) is 33.2 Å². The highest BCUT2D eigenvalue weighted by Gasteiger charge is 2.21. The quantitative estimate of drug-likeness (QED) is 0.588. The van der Waals surface area contributed by atoms with E-state index < -0.39 is 0 Å². The first kappa shape index (κ1) is 14.5. The lowest BCUT2D eigenvalue weighted by molar-refractivity contribution is -0.120. The smallest absolute Gasteiger partial charge is 0.233 e. The van der Waals surface area contributed by atoms with Gasteiger partial charge >= 0.3 is 0 Å². The topological polar surface area (TPSA) is 44.4 Å². The van der Waals surface area contributed by atoms with Crippen LogP contribution >= 0.6 is 0 Å². The first-order valence-electron chi connectivity index (χ1n) is 6.77. The molecule has 0 unspecified atom stereocenters. The second-order valence-corrected chi connectivity index (χ2v) is 5.35. The fourth-order valence-corrected chi connectivity index (χ4v) is 1.56. The maximum Gasteiger partial charge on any atom is 0.233 e. The maximum atomic E-state index is 11.4. The molecule has 1 fully saturated rings. The molecule has 17 heavy (non-hydrogen) atoms. The lowest BCUT2D eigenvalue weighted by Crippen LogP contribution is -2.36. The molecule has 0 saturated heterocycles. The van der Waals surface area contributed by atoms with E-state index in [-0.39, 0.29) is 5.91 Å². The van der Waals surface area contributed by atoms with Gasteiger partial charge in [-0.1, -0.05) is 0 Å². The highest BCUT2D eigenvalue weighted by Crippen LogP contribution is 2.27. The summed E-state index contributed by atoms with van der Waals surface area (Å²) in [6.45, 7) is 7.70. The van der Waals surface area contributed by atoms with Crippen molar-refractivity contribution < 1.29 is 4.79 Å². The van der Waals surface area contributed by atoms with Gasteiger partial charge in [0, 0.05) is 12.6 Å². The zero-order chi connectivity index (χ0) is 12.7. The van der Waals surface area contributed by atoms with Crippen LogP contribution in [0.5, 0.6) is 0 Å². The van der Waals surface area contributed by atoms with Gasteiger partial charge in [-0.25, -0.2) is 0 Å². The average molecular weight is 241 g/mol. The standard InChI is InChI=1S/C13H27N3O/c1-11(2)16(3)8-4-7-14-10-13(17)15-9-12-5-6-12/h11-12,14H,4-10H2,1-3H3,(H,15,17). The Morgan fingerprint density at radius 2 is 2.12 bits per heavy atom. The van der Waals surface area contributed by atoms with E-state index in [1.807, 2.05) is 0 Å². The molecular formula is C13H27N3O. The fraction of sp³-hybridized carbons (Fsp3) is 0.923. The molecule has 4 heteroatoms. The summed E-state index contributed by atoms with van der Waals surface area (Å²) in [4.78, 5) is 13.7. The van der Waals surface area contributed by atoms with Crippen LogP contribution < -0.4 is 10.6 Å². The van der Waals surface area contributed by atoms with Crippen LogP contribution in [0.25, 0.3) is 0 Å².